The molecule has 4 aliphatic rings. The molecule has 0 radical (unpaired) electrons. The van der Waals surface area contributed by atoms with E-state index in [0.29, 0.717) is 0 Å². The molecule has 11 heavy (non-hydrogen) atoms. The van der Waals surface area contributed by atoms with E-state index in [1.165, 1.54) is 19.3 Å². The highest BCUT2D eigenvalue weighted by atomic mass is 18.2. The van der Waals surface area contributed by atoms with E-state index in [1.807, 2.05) is 0 Å². The first-order valence-corrected chi connectivity index (χ1v) is 4.96. The van der Waals surface area contributed by atoms with Gasteiger partial charge in [-0.3, -0.25) is 0 Å². The third-order valence-electron chi connectivity index (χ3n) is 4.01. The number of aliphatic hydroxyl groups is 1. The normalized spacial score (nSPS) is 60.3. The van der Waals surface area contributed by atoms with Gasteiger partial charge in [0, 0.05) is 0 Å². The Morgan fingerprint density at radius 1 is 0.818 bits per heavy atom. The van der Waals surface area contributed by atoms with Gasteiger partial charge in [-0.15, -0.1) is 0 Å². The molecular weight excluding hydrogens is 138 g/mol. The maximum absolute atomic E-state index is 10.1. The van der Waals surface area contributed by atoms with Crippen LogP contribution in [0.4, 0.5) is 0 Å². The van der Waals surface area contributed by atoms with E-state index in [1.54, 1.807) is 0 Å². The third kappa shape index (κ3) is 0.868. The fraction of sp³-hybridized carbons (Fsp3) is 1.00. The predicted molar refractivity (Wildman–Crippen MR) is 43.1 cm³/mol. The quantitative estimate of drug-likeness (QED) is 0.529. The maximum Gasteiger partial charge on any atom is 0.0655 e. The van der Waals surface area contributed by atoms with Gasteiger partial charge in [-0.1, -0.05) is 0 Å². The molecule has 0 aromatic rings. The molecule has 4 fully saturated rings. The van der Waals surface area contributed by atoms with Crippen molar-refractivity contribution in [3.63, 3.8) is 0 Å². The van der Waals surface area contributed by atoms with Crippen molar-refractivity contribution in [2.75, 3.05) is 0 Å². The molecule has 1 N–H and O–H groups in total. The molecule has 62 valence electrons. The van der Waals surface area contributed by atoms with Crippen molar-refractivity contribution in [2.24, 2.45) is 17.8 Å². The average Bonchev–Trinajstić information content (AvgIpc) is 1.79. The summed E-state index contributed by atoms with van der Waals surface area (Å²) >= 11 is 0. The van der Waals surface area contributed by atoms with Crippen LogP contribution in [0.2, 0.25) is 0 Å². The van der Waals surface area contributed by atoms with Gasteiger partial charge in [-0.2, -0.15) is 0 Å². The van der Waals surface area contributed by atoms with Gasteiger partial charge in [0.2, 0.25) is 0 Å². The molecule has 0 amide bonds. The average molecular weight is 154 g/mol. The van der Waals surface area contributed by atoms with Gasteiger partial charge >= 0.3 is 0 Å². The molecule has 4 saturated carbocycles. The highest BCUT2D eigenvalue weighted by Gasteiger charge is 2.49. The maximum atomic E-state index is 10.1. The molecule has 4 aliphatic carbocycles. The molecular formula is C10H16O. The summed E-state index contributed by atoms with van der Waals surface area (Å²) in [6.07, 6.45) is 7.66. The molecule has 4 rings (SSSR count). The third-order valence-corrected chi connectivity index (χ3v) is 4.01. The van der Waals surface area contributed by atoms with E-state index in [0.717, 1.165) is 37.0 Å². The molecule has 1 heteroatoms. The Morgan fingerprint density at radius 3 is 1.45 bits per heavy atom. The summed E-state index contributed by atoms with van der Waals surface area (Å²) < 4.78 is 0. The Hall–Kier alpha value is -0.0400. The topological polar surface area (TPSA) is 20.2 Å². The summed E-state index contributed by atoms with van der Waals surface area (Å²) in [5, 5.41) is 10.1. The van der Waals surface area contributed by atoms with Crippen molar-refractivity contribution in [3.05, 3.63) is 0 Å². The minimum Gasteiger partial charge on any atom is -0.390 e. The summed E-state index contributed by atoms with van der Waals surface area (Å²) in [7, 11) is 0. The summed E-state index contributed by atoms with van der Waals surface area (Å²) in [5.74, 6) is 2.68. The van der Waals surface area contributed by atoms with Crippen LogP contribution in [0.1, 0.15) is 38.5 Å². The van der Waals surface area contributed by atoms with Crippen LogP contribution in [-0.4, -0.2) is 10.7 Å². The molecule has 0 atom stereocenters. The van der Waals surface area contributed by atoms with Crippen LogP contribution in [0.5, 0.6) is 0 Å². The monoisotopic (exact) mass is 154 g/mol. The standard InChI is InChI=1S/C10H16O/c11-10-4-7-1-8(5-10)3-9(2-7)6-10/h7-9,11H,1-6H2/i11+2. The molecule has 0 aliphatic heterocycles. The van der Waals surface area contributed by atoms with Crippen LogP contribution in [0.15, 0.2) is 0 Å². The van der Waals surface area contributed by atoms with Crippen LogP contribution < -0.4 is 0 Å². The van der Waals surface area contributed by atoms with Crippen LogP contribution in [0, 0.1) is 17.8 Å². The van der Waals surface area contributed by atoms with E-state index in [9.17, 15) is 5.11 Å². The van der Waals surface area contributed by atoms with E-state index in [-0.39, 0.29) is 5.60 Å². The van der Waals surface area contributed by atoms with Crippen LogP contribution >= 0.6 is 0 Å². The molecule has 4 bridgehead atoms. The van der Waals surface area contributed by atoms with Crippen molar-refractivity contribution < 1.29 is 5.11 Å². The van der Waals surface area contributed by atoms with Crippen molar-refractivity contribution in [3.8, 4) is 0 Å². The lowest BCUT2D eigenvalue weighted by molar-refractivity contribution is -0.124. The van der Waals surface area contributed by atoms with E-state index >= 15 is 0 Å². The zero-order valence-electron chi connectivity index (χ0n) is 6.92. The molecule has 0 aromatic carbocycles. The van der Waals surface area contributed by atoms with E-state index in [4.69, 9.17) is 0 Å². The first-order valence-electron chi connectivity index (χ1n) is 4.96. The first kappa shape index (κ1) is 6.47. The summed E-state index contributed by atoms with van der Waals surface area (Å²) in [5.41, 5.74) is -0.200. The highest BCUT2D eigenvalue weighted by molar-refractivity contribution is 5.01. The number of rotatable bonds is 0. The predicted octanol–water partition coefficient (Wildman–Crippen LogP) is 1.95. The Kier molecular flexibility index (Phi) is 1.07. The zero-order valence-corrected chi connectivity index (χ0v) is 6.92. The fourth-order valence-electron chi connectivity index (χ4n) is 4.06. The van der Waals surface area contributed by atoms with Gasteiger partial charge < -0.3 is 5.11 Å². The van der Waals surface area contributed by atoms with Gasteiger partial charge in [0.25, 0.3) is 0 Å². The van der Waals surface area contributed by atoms with Crippen LogP contribution in [0.25, 0.3) is 0 Å². The second kappa shape index (κ2) is 1.82. The fourth-order valence-corrected chi connectivity index (χ4v) is 4.06. The van der Waals surface area contributed by atoms with Crippen molar-refractivity contribution >= 4 is 0 Å². The second-order valence-corrected chi connectivity index (χ2v) is 5.14. The summed E-state index contributed by atoms with van der Waals surface area (Å²) in [4.78, 5) is 0. The first-order chi connectivity index (χ1) is 5.23. The minimum absolute atomic E-state index is 0.200. The molecule has 1 nitrogen and oxygen atoms in total. The number of hydrogen-bond donors (Lipinski definition) is 1. The lowest BCUT2D eigenvalue weighted by Crippen LogP contribution is -2.50. The summed E-state index contributed by atoms with van der Waals surface area (Å²) in [6.45, 7) is 0. The van der Waals surface area contributed by atoms with E-state index in [2.05, 4.69) is 0 Å². The van der Waals surface area contributed by atoms with Gasteiger partial charge in [0.15, 0.2) is 0 Å². The highest BCUT2D eigenvalue weighted by Crippen LogP contribution is 2.55. The molecule has 0 heterocycles. The number of hydrogen-bond acceptors (Lipinski definition) is 1. The molecule has 0 unspecified atom stereocenters. The smallest absolute Gasteiger partial charge is 0.0655 e. The zero-order chi connectivity index (χ0) is 7.47. The van der Waals surface area contributed by atoms with Crippen molar-refractivity contribution in [1.82, 2.24) is 0 Å². The van der Waals surface area contributed by atoms with Gasteiger partial charge in [0.1, 0.15) is 0 Å². The Balaban J connectivity index is 1.94. The SMILES string of the molecule is [18OH]C12CC3CC(CC(C3)C1)C2. The molecule has 0 spiro atoms. The van der Waals surface area contributed by atoms with Crippen molar-refractivity contribution in [1.29, 1.82) is 0 Å². The Morgan fingerprint density at radius 2 is 1.18 bits per heavy atom. The lowest BCUT2D eigenvalue weighted by atomic mass is 9.55. The largest absolute Gasteiger partial charge is 0.390 e. The second-order valence-electron chi connectivity index (χ2n) is 5.14. The molecule has 0 saturated heterocycles. The molecule has 0 aromatic heterocycles. The minimum atomic E-state index is -0.200. The Labute approximate surface area is 67.8 Å². The van der Waals surface area contributed by atoms with Crippen LogP contribution in [-0.2, 0) is 0 Å². The van der Waals surface area contributed by atoms with Crippen LogP contribution in [0.3, 0.4) is 0 Å². The lowest BCUT2D eigenvalue weighted by Gasteiger charge is -2.54. The van der Waals surface area contributed by atoms with E-state index < -0.39 is 0 Å². The van der Waals surface area contributed by atoms with Gasteiger partial charge in [0.05, 0.1) is 5.60 Å². The Bertz CT molecular complexity index is 150. The summed E-state index contributed by atoms with van der Waals surface area (Å²) in [6, 6.07) is 0. The van der Waals surface area contributed by atoms with Crippen molar-refractivity contribution in [2.45, 2.75) is 44.1 Å². The van der Waals surface area contributed by atoms with Gasteiger partial charge in [-0.05, 0) is 56.3 Å². The van der Waals surface area contributed by atoms with Gasteiger partial charge in [-0.25, -0.2) is 0 Å².